The van der Waals surface area contributed by atoms with Gasteiger partial charge in [-0.25, -0.2) is 9.78 Å². The van der Waals surface area contributed by atoms with Gasteiger partial charge in [0, 0.05) is 12.6 Å². The Labute approximate surface area is 86.9 Å². The van der Waals surface area contributed by atoms with Crippen molar-refractivity contribution < 1.29 is 23.1 Å². The molecule has 1 aromatic heterocycles. The Morgan fingerprint density at radius 3 is 2.56 bits per heavy atom. The van der Waals surface area contributed by atoms with E-state index in [0.717, 1.165) is 6.20 Å². The molecule has 0 radical (unpaired) electrons. The van der Waals surface area contributed by atoms with E-state index in [2.05, 4.69) is 4.98 Å². The number of aryl methyl sites for hydroxylation is 1. The van der Waals surface area contributed by atoms with Crippen LogP contribution in [0.2, 0.25) is 0 Å². The number of aromatic nitrogens is 2. The van der Waals surface area contributed by atoms with Gasteiger partial charge in [0.1, 0.15) is 11.4 Å². The van der Waals surface area contributed by atoms with Crippen molar-refractivity contribution in [2.45, 2.75) is 19.0 Å². The molecule has 1 rings (SSSR count). The molecule has 0 bridgehead atoms. The molecule has 0 aliphatic carbocycles. The lowest BCUT2D eigenvalue weighted by Gasteiger charge is -2.05. The van der Waals surface area contributed by atoms with E-state index in [1.807, 2.05) is 4.98 Å². The van der Waals surface area contributed by atoms with Crippen LogP contribution >= 0.6 is 0 Å². The standard InChI is InChI=1S/C8H7F3N2O3/c9-8(10,11)2-1-5-12-3-4(7(15)16)6(14)13-5/h3H,1-2H2,(H,15,16)(H,12,13,14). The summed E-state index contributed by atoms with van der Waals surface area (Å²) in [6.45, 7) is 0. The van der Waals surface area contributed by atoms with Crippen molar-refractivity contribution in [3.05, 3.63) is 27.9 Å². The molecule has 0 saturated heterocycles. The molecule has 0 aliphatic heterocycles. The molecule has 0 aromatic carbocycles. The van der Waals surface area contributed by atoms with E-state index >= 15 is 0 Å². The Kier molecular flexibility index (Phi) is 3.31. The molecule has 8 heteroatoms. The maximum Gasteiger partial charge on any atom is 0.389 e. The van der Waals surface area contributed by atoms with Gasteiger partial charge < -0.3 is 10.1 Å². The molecule has 0 saturated carbocycles. The first-order chi connectivity index (χ1) is 7.29. The number of aromatic carboxylic acids is 1. The Bertz CT molecular complexity index is 453. The van der Waals surface area contributed by atoms with Crippen LogP contribution in [-0.2, 0) is 6.42 Å². The van der Waals surface area contributed by atoms with Gasteiger partial charge >= 0.3 is 12.1 Å². The first-order valence-corrected chi connectivity index (χ1v) is 4.18. The Morgan fingerprint density at radius 1 is 1.50 bits per heavy atom. The monoisotopic (exact) mass is 236 g/mol. The van der Waals surface area contributed by atoms with Crippen molar-refractivity contribution in [2.75, 3.05) is 0 Å². The number of nitrogens with one attached hydrogen (secondary N) is 1. The predicted molar refractivity (Wildman–Crippen MR) is 46.2 cm³/mol. The van der Waals surface area contributed by atoms with Crippen molar-refractivity contribution >= 4 is 5.97 Å². The summed E-state index contributed by atoms with van der Waals surface area (Å²) < 4.78 is 35.5. The molecule has 0 amide bonds. The van der Waals surface area contributed by atoms with Gasteiger partial charge in [-0.2, -0.15) is 13.2 Å². The van der Waals surface area contributed by atoms with Gasteiger partial charge in [-0.15, -0.1) is 0 Å². The average molecular weight is 236 g/mol. The van der Waals surface area contributed by atoms with Gasteiger partial charge in [0.25, 0.3) is 5.56 Å². The number of carboxylic acids is 1. The number of H-pyrrole nitrogens is 1. The number of nitrogens with zero attached hydrogens (tertiary/aromatic N) is 1. The molecular weight excluding hydrogens is 229 g/mol. The van der Waals surface area contributed by atoms with E-state index in [1.54, 1.807) is 0 Å². The molecule has 1 heterocycles. The van der Waals surface area contributed by atoms with E-state index in [-0.39, 0.29) is 5.82 Å². The molecular formula is C8H7F3N2O3. The minimum absolute atomic E-state index is 0.188. The smallest absolute Gasteiger partial charge is 0.389 e. The number of alkyl halides is 3. The molecule has 0 atom stereocenters. The number of rotatable bonds is 3. The zero-order chi connectivity index (χ0) is 12.3. The van der Waals surface area contributed by atoms with Gasteiger partial charge in [-0.3, -0.25) is 4.79 Å². The van der Waals surface area contributed by atoms with Crippen LogP contribution in [0.15, 0.2) is 11.0 Å². The highest BCUT2D eigenvalue weighted by Gasteiger charge is 2.27. The van der Waals surface area contributed by atoms with E-state index < -0.39 is 36.1 Å². The lowest BCUT2D eigenvalue weighted by molar-refractivity contribution is -0.134. The van der Waals surface area contributed by atoms with Gasteiger partial charge in [0.2, 0.25) is 0 Å². The molecule has 2 N–H and O–H groups in total. The Morgan fingerprint density at radius 2 is 2.12 bits per heavy atom. The zero-order valence-electron chi connectivity index (χ0n) is 7.84. The highest BCUT2D eigenvalue weighted by Crippen LogP contribution is 2.20. The molecule has 1 aromatic rings. The summed E-state index contributed by atoms with van der Waals surface area (Å²) in [6.07, 6.45) is -5.21. The van der Waals surface area contributed by atoms with Gasteiger partial charge in [0.05, 0.1) is 6.42 Å². The number of hydrogen-bond acceptors (Lipinski definition) is 3. The van der Waals surface area contributed by atoms with Crippen LogP contribution < -0.4 is 5.56 Å². The summed E-state index contributed by atoms with van der Waals surface area (Å²) in [7, 11) is 0. The highest BCUT2D eigenvalue weighted by molar-refractivity contribution is 5.86. The summed E-state index contributed by atoms with van der Waals surface area (Å²) in [5.74, 6) is -1.66. The maximum absolute atomic E-state index is 11.8. The number of aromatic amines is 1. The first-order valence-electron chi connectivity index (χ1n) is 4.18. The van der Waals surface area contributed by atoms with E-state index in [4.69, 9.17) is 5.11 Å². The van der Waals surface area contributed by atoms with Crippen LogP contribution in [0.25, 0.3) is 0 Å². The van der Waals surface area contributed by atoms with Crippen molar-refractivity contribution in [1.82, 2.24) is 9.97 Å². The molecule has 0 spiro atoms. The molecule has 88 valence electrons. The lowest BCUT2D eigenvalue weighted by atomic mass is 10.2. The van der Waals surface area contributed by atoms with Crippen LogP contribution in [0.4, 0.5) is 13.2 Å². The molecule has 0 fully saturated rings. The number of carbonyl (C=O) groups is 1. The summed E-state index contributed by atoms with van der Waals surface area (Å²) in [5, 5.41) is 8.48. The second kappa shape index (κ2) is 4.33. The van der Waals surface area contributed by atoms with Crippen LogP contribution in [0, 0.1) is 0 Å². The number of hydrogen-bond donors (Lipinski definition) is 2. The Balaban J connectivity index is 2.82. The van der Waals surface area contributed by atoms with Crippen molar-refractivity contribution in [2.24, 2.45) is 0 Å². The largest absolute Gasteiger partial charge is 0.477 e. The maximum atomic E-state index is 11.8. The van der Waals surface area contributed by atoms with E-state index in [9.17, 15) is 22.8 Å². The van der Waals surface area contributed by atoms with Gasteiger partial charge in [-0.05, 0) is 0 Å². The second-order valence-corrected chi connectivity index (χ2v) is 2.99. The SMILES string of the molecule is O=C(O)c1cnc(CCC(F)(F)F)[nH]c1=O. The minimum Gasteiger partial charge on any atom is -0.477 e. The summed E-state index contributed by atoms with van der Waals surface area (Å²) in [6, 6.07) is 0. The van der Waals surface area contributed by atoms with Crippen molar-refractivity contribution in [1.29, 1.82) is 0 Å². The summed E-state index contributed by atoms with van der Waals surface area (Å²) in [5.41, 5.74) is -1.56. The first kappa shape index (κ1) is 12.2. The molecule has 16 heavy (non-hydrogen) atoms. The third-order valence-electron chi connectivity index (χ3n) is 1.73. The third kappa shape index (κ3) is 3.37. The van der Waals surface area contributed by atoms with Crippen LogP contribution in [0.1, 0.15) is 22.6 Å². The highest BCUT2D eigenvalue weighted by atomic mass is 19.4. The van der Waals surface area contributed by atoms with Crippen LogP contribution in [0.3, 0.4) is 0 Å². The Hall–Kier alpha value is -1.86. The van der Waals surface area contributed by atoms with Gasteiger partial charge in [-0.1, -0.05) is 0 Å². The quantitative estimate of drug-likeness (QED) is 0.818. The van der Waals surface area contributed by atoms with E-state index in [0.29, 0.717) is 0 Å². The fourth-order valence-corrected chi connectivity index (χ4v) is 0.971. The number of carboxylic acid groups (broad SMARTS) is 1. The minimum atomic E-state index is -4.34. The second-order valence-electron chi connectivity index (χ2n) is 2.99. The topological polar surface area (TPSA) is 83.0 Å². The zero-order valence-corrected chi connectivity index (χ0v) is 7.84. The number of halogens is 3. The van der Waals surface area contributed by atoms with E-state index in [1.165, 1.54) is 0 Å². The molecule has 0 aliphatic rings. The summed E-state index contributed by atoms with van der Waals surface area (Å²) in [4.78, 5) is 26.9. The van der Waals surface area contributed by atoms with Crippen LogP contribution in [0.5, 0.6) is 0 Å². The summed E-state index contributed by atoms with van der Waals surface area (Å²) >= 11 is 0. The molecule has 5 nitrogen and oxygen atoms in total. The lowest BCUT2D eigenvalue weighted by Crippen LogP contribution is -2.21. The predicted octanol–water partition coefficient (Wildman–Crippen LogP) is 0.963. The fraction of sp³-hybridized carbons (Fsp3) is 0.375. The van der Waals surface area contributed by atoms with Crippen LogP contribution in [-0.4, -0.2) is 27.2 Å². The van der Waals surface area contributed by atoms with Crippen molar-refractivity contribution in [3.8, 4) is 0 Å². The van der Waals surface area contributed by atoms with Crippen molar-refractivity contribution in [3.63, 3.8) is 0 Å². The normalized spacial score (nSPS) is 11.4. The third-order valence-corrected chi connectivity index (χ3v) is 1.73. The van der Waals surface area contributed by atoms with Gasteiger partial charge in [0.15, 0.2) is 0 Å². The fourth-order valence-electron chi connectivity index (χ4n) is 0.971. The molecule has 0 unspecified atom stereocenters. The average Bonchev–Trinajstić information content (AvgIpc) is 2.13.